The highest BCUT2D eigenvalue weighted by atomic mass is 35.5. The van der Waals surface area contributed by atoms with E-state index in [4.69, 9.17) is 16.3 Å². The lowest BCUT2D eigenvalue weighted by atomic mass is 10.1. The first-order chi connectivity index (χ1) is 12.6. The summed E-state index contributed by atoms with van der Waals surface area (Å²) < 4.78 is 4.72. The van der Waals surface area contributed by atoms with Gasteiger partial charge in [-0.05, 0) is 6.07 Å². The van der Waals surface area contributed by atoms with Crippen molar-refractivity contribution in [1.82, 2.24) is 0 Å². The monoisotopic (exact) mass is 396 g/mol. The van der Waals surface area contributed by atoms with E-state index < -0.39 is 37.8 Å². The molecule has 2 rings (SSSR count). The SMILES string of the molecule is COc1c([N+](=O)[O-])cc(NC(=O)c2ccc([N+](=O)[O-])cc2Cl)cc1[N+](=O)[O-]. The average Bonchev–Trinajstić information content (AvgIpc) is 2.60. The summed E-state index contributed by atoms with van der Waals surface area (Å²) in [6.45, 7) is 0. The van der Waals surface area contributed by atoms with Crippen LogP contribution in [0.4, 0.5) is 22.7 Å². The van der Waals surface area contributed by atoms with E-state index in [1.165, 1.54) is 0 Å². The van der Waals surface area contributed by atoms with Gasteiger partial charge in [0.05, 0.1) is 38.2 Å². The van der Waals surface area contributed by atoms with Gasteiger partial charge >= 0.3 is 11.4 Å². The molecule has 1 amide bonds. The van der Waals surface area contributed by atoms with E-state index in [0.29, 0.717) is 0 Å². The number of halogens is 1. The van der Waals surface area contributed by atoms with Gasteiger partial charge in [0.2, 0.25) is 0 Å². The molecule has 2 aromatic carbocycles. The highest BCUT2D eigenvalue weighted by molar-refractivity contribution is 6.34. The summed E-state index contributed by atoms with van der Waals surface area (Å²) in [7, 11) is 1.03. The predicted octanol–water partition coefficient (Wildman–Crippen LogP) is 3.33. The molecule has 0 saturated heterocycles. The van der Waals surface area contributed by atoms with Crippen LogP contribution in [-0.2, 0) is 0 Å². The lowest BCUT2D eigenvalue weighted by Crippen LogP contribution is -2.13. The first kappa shape index (κ1) is 19.5. The van der Waals surface area contributed by atoms with Crippen LogP contribution in [0.25, 0.3) is 0 Å². The van der Waals surface area contributed by atoms with E-state index in [1.54, 1.807) is 0 Å². The van der Waals surface area contributed by atoms with Crippen LogP contribution in [0.2, 0.25) is 5.02 Å². The number of nitrogens with one attached hydrogen (secondary N) is 1. The molecule has 27 heavy (non-hydrogen) atoms. The number of amides is 1. The van der Waals surface area contributed by atoms with Gasteiger partial charge in [-0.25, -0.2) is 0 Å². The molecule has 2 aromatic rings. The zero-order chi connectivity index (χ0) is 20.3. The van der Waals surface area contributed by atoms with Gasteiger partial charge in [-0.15, -0.1) is 0 Å². The van der Waals surface area contributed by atoms with Crippen LogP contribution >= 0.6 is 11.6 Å². The minimum absolute atomic E-state index is 0.164. The van der Waals surface area contributed by atoms with Crippen molar-refractivity contribution in [2.24, 2.45) is 0 Å². The second-order valence-electron chi connectivity index (χ2n) is 4.94. The van der Waals surface area contributed by atoms with E-state index in [0.717, 1.165) is 37.4 Å². The largest absolute Gasteiger partial charge is 0.485 e. The summed E-state index contributed by atoms with van der Waals surface area (Å²) in [6.07, 6.45) is 0. The van der Waals surface area contributed by atoms with Crippen LogP contribution in [-0.4, -0.2) is 27.8 Å². The minimum atomic E-state index is -0.902. The third-order valence-electron chi connectivity index (χ3n) is 3.31. The average molecular weight is 397 g/mol. The number of carbonyl (C=O) groups excluding carboxylic acids is 1. The maximum absolute atomic E-state index is 12.3. The van der Waals surface area contributed by atoms with E-state index in [2.05, 4.69) is 5.32 Å². The third kappa shape index (κ3) is 4.07. The maximum atomic E-state index is 12.3. The zero-order valence-corrected chi connectivity index (χ0v) is 14.1. The van der Waals surface area contributed by atoms with Gasteiger partial charge in [0.25, 0.3) is 17.3 Å². The molecule has 0 aromatic heterocycles. The lowest BCUT2D eigenvalue weighted by Gasteiger charge is -2.09. The van der Waals surface area contributed by atoms with Gasteiger partial charge in [-0.2, -0.15) is 0 Å². The van der Waals surface area contributed by atoms with Crippen molar-refractivity contribution in [3.8, 4) is 5.75 Å². The molecule has 140 valence electrons. The Kier molecular flexibility index (Phi) is 5.51. The number of ether oxygens (including phenoxy) is 1. The number of rotatable bonds is 6. The number of nitro groups is 3. The number of methoxy groups -OCH3 is 1. The first-order valence-electron chi connectivity index (χ1n) is 6.91. The fraction of sp³-hybridized carbons (Fsp3) is 0.0714. The molecule has 12 nitrogen and oxygen atoms in total. The van der Waals surface area contributed by atoms with Crippen LogP contribution in [0, 0.1) is 30.3 Å². The maximum Gasteiger partial charge on any atom is 0.320 e. The smallest absolute Gasteiger partial charge is 0.320 e. The minimum Gasteiger partial charge on any atom is -0.485 e. The van der Waals surface area contributed by atoms with Crippen molar-refractivity contribution in [3.63, 3.8) is 0 Å². The highest BCUT2D eigenvalue weighted by Crippen LogP contribution is 2.39. The summed E-state index contributed by atoms with van der Waals surface area (Å²) in [4.78, 5) is 42.7. The van der Waals surface area contributed by atoms with Gasteiger partial charge in [0.1, 0.15) is 0 Å². The molecule has 0 aliphatic carbocycles. The fourth-order valence-corrected chi connectivity index (χ4v) is 2.41. The van der Waals surface area contributed by atoms with Crippen molar-refractivity contribution in [1.29, 1.82) is 0 Å². The summed E-state index contributed by atoms with van der Waals surface area (Å²) in [5, 5.41) is 34.9. The van der Waals surface area contributed by atoms with Crippen LogP contribution in [0.1, 0.15) is 10.4 Å². The van der Waals surface area contributed by atoms with Crippen molar-refractivity contribution < 1.29 is 24.3 Å². The Balaban J connectivity index is 2.45. The number of hydrogen-bond acceptors (Lipinski definition) is 8. The molecule has 0 saturated carbocycles. The Morgan fingerprint density at radius 3 is 1.96 bits per heavy atom. The predicted molar refractivity (Wildman–Crippen MR) is 92.4 cm³/mol. The number of carbonyl (C=O) groups is 1. The molecule has 0 unspecified atom stereocenters. The Morgan fingerprint density at radius 2 is 1.56 bits per heavy atom. The number of anilines is 1. The topological polar surface area (TPSA) is 168 Å². The summed E-state index contributed by atoms with van der Waals surface area (Å²) in [5.41, 5.74) is -2.21. The molecule has 13 heteroatoms. The molecule has 0 aliphatic heterocycles. The standard InChI is InChI=1S/C14H9ClN4O8/c1-27-13-11(18(23)24)4-7(5-12(13)19(25)26)16-14(20)9-3-2-8(17(21)22)6-10(9)15/h2-6H,1H3,(H,16,20). The Bertz CT molecular complexity index is 943. The molecular weight excluding hydrogens is 388 g/mol. The van der Waals surface area contributed by atoms with Crippen LogP contribution in [0.5, 0.6) is 5.75 Å². The van der Waals surface area contributed by atoms with Gasteiger partial charge in [-0.3, -0.25) is 35.1 Å². The molecule has 0 radical (unpaired) electrons. The summed E-state index contributed by atoms with van der Waals surface area (Å²) in [5.74, 6) is -1.44. The first-order valence-corrected chi connectivity index (χ1v) is 7.29. The molecule has 0 atom stereocenters. The van der Waals surface area contributed by atoms with Gasteiger partial charge < -0.3 is 10.1 Å². The number of hydrogen-bond donors (Lipinski definition) is 1. The molecule has 0 heterocycles. The van der Waals surface area contributed by atoms with Gasteiger partial charge in [0.15, 0.2) is 0 Å². The normalized spacial score (nSPS) is 10.1. The molecule has 1 N–H and O–H groups in total. The second kappa shape index (κ2) is 7.61. The number of nitro benzene ring substituents is 3. The summed E-state index contributed by atoms with van der Waals surface area (Å²) in [6, 6.07) is 4.84. The van der Waals surface area contributed by atoms with Crippen molar-refractivity contribution in [2.45, 2.75) is 0 Å². The van der Waals surface area contributed by atoms with E-state index in [-0.39, 0.29) is 22.0 Å². The Morgan fingerprint density at radius 1 is 1.00 bits per heavy atom. The van der Waals surface area contributed by atoms with Crippen molar-refractivity contribution in [2.75, 3.05) is 12.4 Å². The highest BCUT2D eigenvalue weighted by Gasteiger charge is 2.28. The quantitative estimate of drug-likeness (QED) is 0.572. The Hall–Kier alpha value is -3.80. The second-order valence-corrected chi connectivity index (χ2v) is 5.34. The van der Waals surface area contributed by atoms with Gasteiger partial charge in [-0.1, -0.05) is 11.6 Å². The zero-order valence-electron chi connectivity index (χ0n) is 13.4. The van der Waals surface area contributed by atoms with Crippen LogP contribution < -0.4 is 10.1 Å². The molecule has 0 aliphatic rings. The van der Waals surface area contributed by atoms with Crippen molar-refractivity contribution in [3.05, 3.63) is 71.3 Å². The lowest BCUT2D eigenvalue weighted by molar-refractivity contribution is -0.395. The van der Waals surface area contributed by atoms with Crippen LogP contribution in [0.15, 0.2) is 30.3 Å². The van der Waals surface area contributed by atoms with Gasteiger partial charge in [0, 0.05) is 24.3 Å². The van der Waals surface area contributed by atoms with E-state index in [1.807, 2.05) is 0 Å². The molecule has 0 fully saturated rings. The molecule has 0 spiro atoms. The number of non-ortho nitro benzene ring substituents is 1. The molecular formula is C14H9ClN4O8. The Labute approximate surface area is 154 Å². The number of nitrogens with zero attached hydrogens (tertiary/aromatic N) is 3. The third-order valence-corrected chi connectivity index (χ3v) is 3.63. The molecule has 0 bridgehead atoms. The van der Waals surface area contributed by atoms with Crippen LogP contribution in [0.3, 0.4) is 0 Å². The summed E-state index contributed by atoms with van der Waals surface area (Å²) >= 11 is 5.84. The fourth-order valence-electron chi connectivity index (χ4n) is 2.15. The van der Waals surface area contributed by atoms with E-state index >= 15 is 0 Å². The van der Waals surface area contributed by atoms with Crippen molar-refractivity contribution >= 4 is 40.3 Å². The van der Waals surface area contributed by atoms with E-state index in [9.17, 15) is 35.1 Å². The number of benzene rings is 2.